The lowest BCUT2D eigenvalue weighted by Gasteiger charge is -2.27. The topological polar surface area (TPSA) is 40.5 Å². The predicted octanol–water partition coefficient (Wildman–Crippen LogP) is 2.69. The van der Waals surface area contributed by atoms with Crippen molar-refractivity contribution >= 4 is 5.97 Å². The van der Waals surface area contributed by atoms with Crippen LogP contribution in [0.1, 0.15) is 37.3 Å². The molecule has 3 nitrogen and oxygen atoms in total. The number of carboxylic acid groups (broad SMARTS) is 1. The molecule has 92 valence electrons. The van der Waals surface area contributed by atoms with Crippen LogP contribution < -0.4 is 0 Å². The third kappa shape index (κ3) is 3.07. The third-order valence-corrected chi connectivity index (χ3v) is 3.36. The van der Waals surface area contributed by atoms with Crippen LogP contribution in [-0.2, 0) is 4.79 Å². The molecular formula is C14H19NO2. The van der Waals surface area contributed by atoms with Crippen molar-refractivity contribution in [1.82, 2.24) is 4.90 Å². The Morgan fingerprint density at radius 3 is 2.18 bits per heavy atom. The van der Waals surface area contributed by atoms with Gasteiger partial charge in [0.2, 0.25) is 0 Å². The molecule has 17 heavy (non-hydrogen) atoms. The van der Waals surface area contributed by atoms with E-state index in [2.05, 4.69) is 4.90 Å². The molecule has 0 bridgehead atoms. The molecule has 1 aliphatic heterocycles. The lowest BCUT2D eigenvalue weighted by molar-refractivity contribution is -0.143. The highest BCUT2D eigenvalue weighted by molar-refractivity contribution is 5.75. The number of aliphatic carboxylic acids is 1. The van der Waals surface area contributed by atoms with E-state index in [1.165, 1.54) is 12.8 Å². The summed E-state index contributed by atoms with van der Waals surface area (Å²) in [6.45, 7) is 1.79. The lowest BCUT2D eigenvalue weighted by atomic mass is 10.1. The Hall–Kier alpha value is -1.35. The van der Waals surface area contributed by atoms with Gasteiger partial charge in [0.05, 0.1) is 0 Å². The fourth-order valence-electron chi connectivity index (χ4n) is 2.50. The van der Waals surface area contributed by atoms with Gasteiger partial charge in [-0.15, -0.1) is 0 Å². The van der Waals surface area contributed by atoms with Crippen molar-refractivity contribution in [3.05, 3.63) is 35.9 Å². The summed E-state index contributed by atoms with van der Waals surface area (Å²) in [6.07, 6.45) is 4.66. The van der Waals surface area contributed by atoms with Gasteiger partial charge in [-0.2, -0.15) is 0 Å². The van der Waals surface area contributed by atoms with E-state index >= 15 is 0 Å². The van der Waals surface area contributed by atoms with Crippen molar-refractivity contribution in [3.8, 4) is 0 Å². The molecule has 0 amide bonds. The molecule has 0 unspecified atom stereocenters. The largest absolute Gasteiger partial charge is 0.480 e. The fourth-order valence-corrected chi connectivity index (χ4v) is 2.50. The first kappa shape index (κ1) is 12.1. The Morgan fingerprint density at radius 1 is 1.06 bits per heavy atom. The smallest absolute Gasteiger partial charge is 0.325 e. The number of hydrogen-bond donors (Lipinski definition) is 1. The molecule has 0 radical (unpaired) electrons. The minimum absolute atomic E-state index is 0.478. The second-order valence-corrected chi connectivity index (χ2v) is 4.60. The van der Waals surface area contributed by atoms with Gasteiger partial charge in [0.15, 0.2) is 0 Å². The average Bonchev–Trinajstić information content (AvgIpc) is 2.59. The summed E-state index contributed by atoms with van der Waals surface area (Å²) in [5, 5.41) is 9.43. The van der Waals surface area contributed by atoms with E-state index in [4.69, 9.17) is 0 Å². The highest BCUT2D eigenvalue weighted by Crippen LogP contribution is 2.24. The van der Waals surface area contributed by atoms with Crippen LogP contribution in [0.3, 0.4) is 0 Å². The number of hydrogen-bond acceptors (Lipinski definition) is 2. The Kier molecular flexibility index (Phi) is 4.15. The minimum atomic E-state index is -0.738. The molecule has 1 N–H and O–H groups in total. The van der Waals surface area contributed by atoms with E-state index < -0.39 is 12.0 Å². The van der Waals surface area contributed by atoms with Crippen LogP contribution in [-0.4, -0.2) is 29.1 Å². The summed E-state index contributed by atoms with van der Waals surface area (Å²) in [7, 11) is 0. The zero-order chi connectivity index (χ0) is 12.1. The highest BCUT2D eigenvalue weighted by atomic mass is 16.4. The molecule has 1 aromatic carbocycles. The monoisotopic (exact) mass is 233 g/mol. The van der Waals surface area contributed by atoms with Gasteiger partial charge in [0, 0.05) is 0 Å². The lowest BCUT2D eigenvalue weighted by Crippen LogP contribution is -2.34. The van der Waals surface area contributed by atoms with Gasteiger partial charge < -0.3 is 5.11 Å². The maximum absolute atomic E-state index is 11.5. The van der Waals surface area contributed by atoms with Gasteiger partial charge >= 0.3 is 5.97 Å². The summed E-state index contributed by atoms with van der Waals surface area (Å²) in [5.74, 6) is -0.738. The maximum atomic E-state index is 11.5. The van der Waals surface area contributed by atoms with Crippen LogP contribution in [0.4, 0.5) is 0 Å². The maximum Gasteiger partial charge on any atom is 0.325 e. The molecule has 0 saturated carbocycles. The molecule has 1 atom stereocenters. The van der Waals surface area contributed by atoms with Crippen LogP contribution in [0.2, 0.25) is 0 Å². The van der Waals surface area contributed by atoms with Crippen molar-refractivity contribution in [3.63, 3.8) is 0 Å². The molecular weight excluding hydrogens is 214 g/mol. The van der Waals surface area contributed by atoms with E-state index in [1.54, 1.807) is 0 Å². The normalized spacial score (nSPS) is 19.5. The van der Waals surface area contributed by atoms with Crippen LogP contribution in [0.15, 0.2) is 30.3 Å². The Labute approximate surface area is 102 Å². The molecule has 0 spiro atoms. The zero-order valence-electron chi connectivity index (χ0n) is 10.0. The van der Waals surface area contributed by atoms with E-state index in [1.807, 2.05) is 30.3 Å². The van der Waals surface area contributed by atoms with Crippen molar-refractivity contribution in [2.24, 2.45) is 0 Å². The molecule has 1 aliphatic rings. The molecule has 0 aliphatic carbocycles. The second kappa shape index (κ2) is 5.82. The third-order valence-electron chi connectivity index (χ3n) is 3.36. The van der Waals surface area contributed by atoms with E-state index in [0.29, 0.717) is 0 Å². The quantitative estimate of drug-likeness (QED) is 0.872. The van der Waals surface area contributed by atoms with Crippen LogP contribution >= 0.6 is 0 Å². The van der Waals surface area contributed by atoms with E-state index in [9.17, 15) is 9.90 Å². The van der Waals surface area contributed by atoms with Gasteiger partial charge in [-0.1, -0.05) is 43.2 Å². The molecule has 1 heterocycles. The summed E-state index contributed by atoms with van der Waals surface area (Å²) >= 11 is 0. The first-order chi connectivity index (χ1) is 8.29. The van der Waals surface area contributed by atoms with Crippen LogP contribution in [0.25, 0.3) is 0 Å². The first-order valence-corrected chi connectivity index (χ1v) is 6.31. The summed E-state index contributed by atoms with van der Waals surface area (Å²) in [5.41, 5.74) is 0.891. The molecule has 3 heteroatoms. The van der Waals surface area contributed by atoms with Crippen molar-refractivity contribution < 1.29 is 9.90 Å². The van der Waals surface area contributed by atoms with Crippen molar-refractivity contribution in [1.29, 1.82) is 0 Å². The summed E-state index contributed by atoms with van der Waals surface area (Å²) < 4.78 is 0. The van der Waals surface area contributed by atoms with Gasteiger partial charge in [-0.05, 0) is 31.5 Å². The summed E-state index contributed by atoms with van der Waals surface area (Å²) in [6, 6.07) is 9.07. The standard InChI is InChI=1S/C14H19NO2/c16-14(17)13(12-8-4-3-5-9-12)15-10-6-1-2-7-11-15/h3-5,8-9,13H,1-2,6-7,10-11H2,(H,16,17)/t13-/m0/s1. The zero-order valence-corrected chi connectivity index (χ0v) is 10.0. The predicted molar refractivity (Wildman–Crippen MR) is 66.9 cm³/mol. The SMILES string of the molecule is O=C(O)[C@H](c1ccccc1)N1CCCCCC1. The fraction of sp³-hybridized carbons (Fsp3) is 0.500. The summed E-state index contributed by atoms with van der Waals surface area (Å²) in [4.78, 5) is 13.6. The molecule has 1 fully saturated rings. The second-order valence-electron chi connectivity index (χ2n) is 4.60. The Bertz CT molecular complexity index is 356. The molecule has 2 rings (SSSR count). The Morgan fingerprint density at radius 2 is 1.65 bits per heavy atom. The molecule has 1 saturated heterocycles. The first-order valence-electron chi connectivity index (χ1n) is 6.31. The van der Waals surface area contributed by atoms with Gasteiger partial charge in [0.1, 0.15) is 6.04 Å². The van der Waals surface area contributed by atoms with Crippen LogP contribution in [0, 0.1) is 0 Å². The highest BCUT2D eigenvalue weighted by Gasteiger charge is 2.27. The average molecular weight is 233 g/mol. The number of nitrogens with zero attached hydrogens (tertiary/aromatic N) is 1. The molecule has 0 aromatic heterocycles. The minimum Gasteiger partial charge on any atom is -0.480 e. The number of rotatable bonds is 3. The number of likely N-dealkylation sites (tertiary alicyclic amines) is 1. The van der Waals surface area contributed by atoms with Gasteiger partial charge in [0.25, 0.3) is 0 Å². The van der Waals surface area contributed by atoms with Crippen LogP contribution in [0.5, 0.6) is 0 Å². The number of carbonyl (C=O) groups is 1. The molecule has 1 aromatic rings. The van der Waals surface area contributed by atoms with E-state index in [0.717, 1.165) is 31.5 Å². The number of carboxylic acids is 1. The number of benzene rings is 1. The Balaban J connectivity index is 2.19. The van der Waals surface area contributed by atoms with E-state index in [-0.39, 0.29) is 0 Å². The van der Waals surface area contributed by atoms with Crippen molar-refractivity contribution in [2.45, 2.75) is 31.7 Å². The van der Waals surface area contributed by atoms with Crippen molar-refractivity contribution in [2.75, 3.05) is 13.1 Å². The van der Waals surface area contributed by atoms with Gasteiger partial charge in [-0.3, -0.25) is 9.69 Å². The van der Waals surface area contributed by atoms with Gasteiger partial charge in [-0.25, -0.2) is 0 Å².